The molecule has 150 valence electrons. The summed E-state index contributed by atoms with van der Waals surface area (Å²) in [4.78, 5) is 10.8. The van der Waals surface area contributed by atoms with Gasteiger partial charge in [-0.25, -0.2) is 9.37 Å². The van der Waals surface area contributed by atoms with E-state index >= 15 is 0 Å². The van der Waals surface area contributed by atoms with E-state index in [0.29, 0.717) is 16.9 Å². The third-order valence-electron chi connectivity index (χ3n) is 4.95. The van der Waals surface area contributed by atoms with Gasteiger partial charge in [0.2, 0.25) is 0 Å². The molecule has 8 heteroatoms. The summed E-state index contributed by atoms with van der Waals surface area (Å²) in [7, 11) is 3.90. The molecular formula is C22H18ClFN6. The Labute approximate surface area is 178 Å². The summed E-state index contributed by atoms with van der Waals surface area (Å²) in [5, 5.41) is 13.6. The van der Waals surface area contributed by atoms with Crippen LogP contribution in [0.5, 0.6) is 0 Å². The lowest BCUT2D eigenvalue weighted by Crippen LogP contribution is -2.14. The van der Waals surface area contributed by atoms with Gasteiger partial charge in [-0.1, -0.05) is 11.6 Å². The SMILES string of the molecule is Cc1ncn(C)c1N(C)c1ccc2ncc(C#N)c(Nc3ccc(F)c(Cl)c3)c2c1. The number of hydrogen-bond donors (Lipinski definition) is 1. The summed E-state index contributed by atoms with van der Waals surface area (Å²) in [5.74, 6) is 0.455. The van der Waals surface area contributed by atoms with Crippen molar-refractivity contribution in [2.45, 2.75) is 6.92 Å². The summed E-state index contributed by atoms with van der Waals surface area (Å²) in [6, 6.07) is 12.3. The van der Waals surface area contributed by atoms with Crippen molar-refractivity contribution in [3.05, 3.63) is 71.0 Å². The second-order valence-electron chi connectivity index (χ2n) is 6.94. The molecule has 0 spiro atoms. The standard InChI is InChI=1S/C22H18ClFN6/c1-13-22(29(2)12-27-13)30(3)16-5-7-20-17(9-16)21(14(10-25)11-26-20)28-15-4-6-19(24)18(23)8-15/h4-9,11-12H,1-3H3,(H,26,28). The third-order valence-corrected chi connectivity index (χ3v) is 5.24. The van der Waals surface area contributed by atoms with E-state index in [2.05, 4.69) is 21.4 Å². The maximum atomic E-state index is 13.5. The Hall–Kier alpha value is -3.63. The van der Waals surface area contributed by atoms with Gasteiger partial charge in [-0.15, -0.1) is 0 Å². The van der Waals surface area contributed by atoms with Crippen LogP contribution >= 0.6 is 11.6 Å². The van der Waals surface area contributed by atoms with Crippen LogP contribution in [0, 0.1) is 24.1 Å². The highest BCUT2D eigenvalue weighted by atomic mass is 35.5. The molecule has 0 unspecified atom stereocenters. The molecule has 1 N–H and O–H groups in total. The molecule has 0 aliphatic rings. The lowest BCUT2D eigenvalue weighted by atomic mass is 10.1. The summed E-state index contributed by atoms with van der Waals surface area (Å²) in [5.41, 5.74) is 4.08. The Kier molecular flexibility index (Phi) is 5.02. The number of aryl methyl sites for hydroxylation is 2. The molecule has 0 radical (unpaired) electrons. The van der Waals surface area contributed by atoms with Crippen molar-refractivity contribution in [1.82, 2.24) is 14.5 Å². The molecule has 2 aromatic carbocycles. The second-order valence-corrected chi connectivity index (χ2v) is 7.34. The zero-order valence-corrected chi connectivity index (χ0v) is 17.4. The largest absolute Gasteiger partial charge is 0.354 e. The normalized spacial score (nSPS) is 10.8. The summed E-state index contributed by atoms with van der Waals surface area (Å²) < 4.78 is 15.5. The molecule has 0 atom stereocenters. The van der Waals surface area contributed by atoms with Gasteiger partial charge in [0.15, 0.2) is 0 Å². The fourth-order valence-electron chi connectivity index (χ4n) is 3.47. The van der Waals surface area contributed by atoms with Crippen molar-refractivity contribution in [2.24, 2.45) is 7.05 Å². The molecule has 0 bridgehead atoms. The number of hydrogen-bond acceptors (Lipinski definition) is 5. The molecule has 0 saturated carbocycles. The highest BCUT2D eigenvalue weighted by Crippen LogP contribution is 2.34. The number of nitriles is 1. The lowest BCUT2D eigenvalue weighted by Gasteiger charge is -2.21. The van der Waals surface area contributed by atoms with Gasteiger partial charge in [-0.2, -0.15) is 5.26 Å². The molecule has 2 aromatic heterocycles. The number of imidazole rings is 1. The predicted octanol–water partition coefficient (Wildman–Crippen LogP) is 5.45. The molecule has 30 heavy (non-hydrogen) atoms. The molecule has 0 fully saturated rings. The Balaban J connectivity index is 1.85. The molecule has 6 nitrogen and oxygen atoms in total. The highest BCUT2D eigenvalue weighted by molar-refractivity contribution is 6.31. The molecule has 0 saturated heterocycles. The first-order valence-electron chi connectivity index (χ1n) is 9.15. The van der Waals surface area contributed by atoms with E-state index in [4.69, 9.17) is 11.6 Å². The van der Waals surface area contributed by atoms with Gasteiger partial charge in [0, 0.05) is 37.1 Å². The first-order valence-corrected chi connectivity index (χ1v) is 9.53. The molecule has 0 amide bonds. The maximum Gasteiger partial charge on any atom is 0.141 e. The number of rotatable bonds is 4. The van der Waals surface area contributed by atoms with Crippen molar-refractivity contribution in [3.8, 4) is 6.07 Å². The van der Waals surface area contributed by atoms with Gasteiger partial charge in [0.05, 0.1) is 33.8 Å². The molecule has 0 aliphatic carbocycles. The van der Waals surface area contributed by atoms with E-state index in [1.54, 1.807) is 12.4 Å². The average Bonchev–Trinajstić information content (AvgIpc) is 3.08. The number of nitrogens with zero attached hydrogens (tertiary/aromatic N) is 5. The molecule has 0 aliphatic heterocycles. The van der Waals surface area contributed by atoms with Crippen LogP contribution in [0.1, 0.15) is 11.3 Å². The van der Waals surface area contributed by atoms with Crippen LogP contribution < -0.4 is 10.2 Å². The van der Waals surface area contributed by atoms with Crippen LogP contribution in [0.25, 0.3) is 10.9 Å². The van der Waals surface area contributed by atoms with Crippen LogP contribution in [0.15, 0.2) is 48.9 Å². The van der Waals surface area contributed by atoms with Gasteiger partial charge in [0.25, 0.3) is 0 Å². The van der Waals surface area contributed by atoms with Gasteiger partial charge in [0.1, 0.15) is 17.7 Å². The Morgan fingerprint density at radius 1 is 1.20 bits per heavy atom. The maximum absolute atomic E-state index is 13.5. The van der Waals surface area contributed by atoms with Crippen LogP contribution in [0.4, 0.5) is 27.3 Å². The predicted molar refractivity (Wildman–Crippen MR) is 117 cm³/mol. The number of halogens is 2. The van der Waals surface area contributed by atoms with Gasteiger partial charge >= 0.3 is 0 Å². The Morgan fingerprint density at radius 3 is 2.67 bits per heavy atom. The Morgan fingerprint density at radius 2 is 2.00 bits per heavy atom. The fourth-order valence-corrected chi connectivity index (χ4v) is 3.65. The van der Waals surface area contributed by atoms with E-state index < -0.39 is 5.82 Å². The van der Waals surface area contributed by atoms with Crippen molar-refractivity contribution < 1.29 is 4.39 Å². The monoisotopic (exact) mass is 420 g/mol. The van der Waals surface area contributed by atoms with Crippen molar-refractivity contribution >= 4 is 45.4 Å². The minimum Gasteiger partial charge on any atom is -0.354 e. The van der Waals surface area contributed by atoms with Crippen LogP contribution in [0.3, 0.4) is 0 Å². The van der Waals surface area contributed by atoms with Crippen LogP contribution in [-0.2, 0) is 7.05 Å². The number of benzene rings is 2. The van der Waals surface area contributed by atoms with Crippen molar-refractivity contribution in [2.75, 3.05) is 17.3 Å². The molecule has 4 rings (SSSR count). The van der Waals surface area contributed by atoms with E-state index in [1.807, 2.05) is 48.7 Å². The number of fused-ring (bicyclic) bond motifs is 1. The number of pyridine rings is 1. The lowest BCUT2D eigenvalue weighted by molar-refractivity contribution is 0.628. The van der Waals surface area contributed by atoms with Gasteiger partial charge in [-0.3, -0.25) is 4.98 Å². The zero-order chi connectivity index (χ0) is 21.4. The topological polar surface area (TPSA) is 69.8 Å². The first kappa shape index (κ1) is 19.7. The summed E-state index contributed by atoms with van der Waals surface area (Å²) >= 11 is 5.92. The second kappa shape index (κ2) is 7.65. The number of aromatic nitrogens is 3. The zero-order valence-electron chi connectivity index (χ0n) is 16.6. The molecule has 4 aromatic rings. The van der Waals surface area contributed by atoms with E-state index in [-0.39, 0.29) is 5.02 Å². The van der Waals surface area contributed by atoms with Crippen LogP contribution in [0.2, 0.25) is 5.02 Å². The molecular weight excluding hydrogens is 403 g/mol. The van der Waals surface area contributed by atoms with Gasteiger partial charge < -0.3 is 14.8 Å². The van der Waals surface area contributed by atoms with E-state index in [1.165, 1.54) is 18.3 Å². The summed E-state index contributed by atoms with van der Waals surface area (Å²) in [6.07, 6.45) is 3.28. The highest BCUT2D eigenvalue weighted by Gasteiger charge is 2.15. The minimum absolute atomic E-state index is 0.00368. The minimum atomic E-state index is -0.502. The number of anilines is 4. The summed E-state index contributed by atoms with van der Waals surface area (Å²) in [6.45, 7) is 1.95. The van der Waals surface area contributed by atoms with Crippen molar-refractivity contribution in [3.63, 3.8) is 0 Å². The van der Waals surface area contributed by atoms with E-state index in [9.17, 15) is 9.65 Å². The smallest absolute Gasteiger partial charge is 0.141 e. The first-order chi connectivity index (χ1) is 14.4. The molecule has 2 heterocycles. The van der Waals surface area contributed by atoms with Crippen molar-refractivity contribution in [1.29, 1.82) is 5.26 Å². The van der Waals surface area contributed by atoms with Crippen LogP contribution in [-0.4, -0.2) is 21.6 Å². The Bertz CT molecular complexity index is 1290. The number of nitrogens with one attached hydrogen (secondary N) is 1. The fraction of sp³-hybridized carbons (Fsp3) is 0.136. The average molecular weight is 421 g/mol. The van der Waals surface area contributed by atoms with E-state index in [0.717, 1.165) is 28.1 Å². The van der Waals surface area contributed by atoms with Gasteiger partial charge in [-0.05, 0) is 43.3 Å². The third kappa shape index (κ3) is 3.42. The quantitative estimate of drug-likeness (QED) is 0.475.